The SMILES string of the molecule is O=S(=O)(c1ccc(Cl)cc1)N1CCN(C[C@H]2C[C@H]3C=C[C@H]2C3)CC1. The zero-order valence-electron chi connectivity index (χ0n) is 13.6. The predicted octanol–water partition coefficient (Wildman–Crippen LogP) is 2.86. The van der Waals surface area contributed by atoms with Crippen molar-refractivity contribution in [2.75, 3.05) is 32.7 Å². The van der Waals surface area contributed by atoms with Crippen LogP contribution >= 0.6 is 11.6 Å². The van der Waals surface area contributed by atoms with Crippen molar-refractivity contribution in [1.82, 2.24) is 9.21 Å². The topological polar surface area (TPSA) is 40.6 Å². The van der Waals surface area contributed by atoms with Crippen molar-refractivity contribution in [3.63, 3.8) is 0 Å². The first-order valence-corrected chi connectivity index (χ1v) is 10.5. The van der Waals surface area contributed by atoms with Gasteiger partial charge in [-0.05, 0) is 54.9 Å². The van der Waals surface area contributed by atoms with E-state index >= 15 is 0 Å². The smallest absolute Gasteiger partial charge is 0.243 e. The molecule has 0 aromatic heterocycles. The molecule has 1 heterocycles. The van der Waals surface area contributed by atoms with Crippen LogP contribution in [0.3, 0.4) is 0 Å². The third-order valence-electron chi connectivity index (χ3n) is 5.69. The Hall–Kier alpha value is -0.880. The fourth-order valence-corrected chi connectivity index (χ4v) is 5.89. The number of hydrogen-bond acceptors (Lipinski definition) is 3. The molecule has 2 bridgehead atoms. The second-order valence-electron chi connectivity index (χ2n) is 7.20. The molecule has 4 nitrogen and oxygen atoms in total. The van der Waals surface area contributed by atoms with Crippen molar-refractivity contribution in [2.45, 2.75) is 17.7 Å². The molecule has 1 aromatic rings. The second kappa shape index (κ2) is 6.45. The first-order valence-electron chi connectivity index (χ1n) is 8.69. The fourth-order valence-electron chi connectivity index (χ4n) is 4.34. The number of fused-ring (bicyclic) bond motifs is 2. The van der Waals surface area contributed by atoms with Gasteiger partial charge in [-0.2, -0.15) is 4.31 Å². The zero-order chi connectivity index (χ0) is 16.7. The van der Waals surface area contributed by atoms with E-state index in [4.69, 9.17) is 11.6 Å². The number of benzene rings is 1. The molecule has 6 heteroatoms. The molecular weight excluding hydrogens is 344 g/mol. The molecule has 1 saturated carbocycles. The Morgan fingerprint density at radius 1 is 1.00 bits per heavy atom. The number of hydrogen-bond donors (Lipinski definition) is 0. The van der Waals surface area contributed by atoms with Crippen LogP contribution in [-0.4, -0.2) is 50.3 Å². The maximum Gasteiger partial charge on any atom is 0.243 e. The summed E-state index contributed by atoms with van der Waals surface area (Å²) in [6.07, 6.45) is 7.40. The van der Waals surface area contributed by atoms with Crippen LogP contribution in [0.1, 0.15) is 12.8 Å². The van der Waals surface area contributed by atoms with Gasteiger partial charge in [0.25, 0.3) is 0 Å². The van der Waals surface area contributed by atoms with E-state index in [-0.39, 0.29) is 0 Å². The van der Waals surface area contributed by atoms with Gasteiger partial charge >= 0.3 is 0 Å². The molecule has 130 valence electrons. The molecule has 3 aliphatic rings. The van der Waals surface area contributed by atoms with Gasteiger partial charge in [0, 0.05) is 37.7 Å². The van der Waals surface area contributed by atoms with Crippen LogP contribution in [0.25, 0.3) is 0 Å². The van der Waals surface area contributed by atoms with Crippen LogP contribution in [0.2, 0.25) is 5.02 Å². The van der Waals surface area contributed by atoms with Crippen LogP contribution < -0.4 is 0 Å². The maximum atomic E-state index is 12.7. The highest BCUT2D eigenvalue weighted by atomic mass is 35.5. The average Bonchev–Trinajstić information content (AvgIpc) is 3.19. The van der Waals surface area contributed by atoms with E-state index in [1.165, 1.54) is 12.8 Å². The summed E-state index contributed by atoms with van der Waals surface area (Å²) in [6.45, 7) is 3.90. The summed E-state index contributed by atoms with van der Waals surface area (Å²) in [5.74, 6) is 2.32. The van der Waals surface area contributed by atoms with Gasteiger partial charge in [-0.1, -0.05) is 23.8 Å². The maximum absolute atomic E-state index is 12.7. The molecule has 1 aliphatic heterocycles. The summed E-state index contributed by atoms with van der Waals surface area (Å²) in [5.41, 5.74) is 0. The summed E-state index contributed by atoms with van der Waals surface area (Å²) in [5, 5.41) is 0.554. The molecule has 24 heavy (non-hydrogen) atoms. The van der Waals surface area contributed by atoms with Crippen LogP contribution in [0.5, 0.6) is 0 Å². The molecule has 0 N–H and O–H groups in total. The van der Waals surface area contributed by atoms with Gasteiger partial charge in [0.1, 0.15) is 0 Å². The standard InChI is InChI=1S/C18H23ClN2O2S/c19-17-3-5-18(6-4-17)24(22,23)21-9-7-20(8-10-21)13-16-12-14-1-2-15(16)11-14/h1-6,14-16H,7-13H2/t14-,15-,16+/m0/s1. The molecule has 1 saturated heterocycles. The molecule has 3 atom stereocenters. The van der Waals surface area contributed by atoms with E-state index in [1.807, 2.05) is 0 Å². The number of sulfonamides is 1. The fraction of sp³-hybridized carbons (Fsp3) is 0.556. The lowest BCUT2D eigenvalue weighted by Gasteiger charge is -2.36. The van der Waals surface area contributed by atoms with Gasteiger partial charge in [0.2, 0.25) is 10.0 Å². The van der Waals surface area contributed by atoms with Gasteiger partial charge < -0.3 is 4.90 Å². The minimum atomic E-state index is -3.40. The van der Waals surface area contributed by atoms with Gasteiger partial charge in [-0.25, -0.2) is 8.42 Å². The van der Waals surface area contributed by atoms with E-state index in [9.17, 15) is 8.42 Å². The average molecular weight is 367 g/mol. The minimum absolute atomic E-state index is 0.332. The van der Waals surface area contributed by atoms with Crippen LogP contribution in [0.15, 0.2) is 41.3 Å². The first kappa shape index (κ1) is 16.6. The van der Waals surface area contributed by atoms with Crippen molar-refractivity contribution < 1.29 is 8.42 Å². The summed E-state index contributed by atoms with van der Waals surface area (Å²) >= 11 is 5.85. The summed E-state index contributed by atoms with van der Waals surface area (Å²) in [6, 6.07) is 6.44. The number of nitrogens with zero attached hydrogens (tertiary/aromatic N) is 2. The van der Waals surface area contributed by atoms with Crippen LogP contribution in [0.4, 0.5) is 0 Å². The van der Waals surface area contributed by atoms with E-state index < -0.39 is 10.0 Å². The molecular formula is C18H23ClN2O2S. The van der Waals surface area contributed by atoms with Crippen LogP contribution in [0, 0.1) is 17.8 Å². The summed E-state index contributed by atoms with van der Waals surface area (Å²) in [7, 11) is -3.40. The lowest BCUT2D eigenvalue weighted by molar-refractivity contribution is 0.156. The van der Waals surface area contributed by atoms with Gasteiger partial charge in [-0.3, -0.25) is 0 Å². The minimum Gasteiger partial charge on any atom is -0.300 e. The van der Waals surface area contributed by atoms with E-state index in [0.717, 1.165) is 37.4 Å². The van der Waals surface area contributed by atoms with Gasteiger partial charge in [-0.15, -0.1) is 0 Å². The molecule has 0 radical (unpaired) electrons. The third kappa shape index (κ3) is 3.15. The molecule has 0 spiro atoms. The Balaban J connectivity index is 1.35. The number of rotatable bonds is 4. The Morgan fingerprint density at radius 3 is 2.29 bits per heavy atom. The van der Waals surface area contributed by atoms with E-state index in [2.05, 4.69) is 17.1 Å². The van der Waals surface area contributed by atoms with Crippen LogP contribution in [-0.2, 0) is 10.0 Å². The third-order valence-corrected chi connectivity index (χ3v) is 7.86. The highest BCUT2D eigenvalue weighted by Gasteiger charge is 2.37. The molecule has 2 fully saturated rings. The Bertz CT molecular complexity index is 724. The quantitative estimate of drug-likeness (QED) is 0.769. The zero-order valence-corrected chi connectivity index (χ0v) is 15.2. The molecule has 0 amide bonds. The molecule has 0 unspecified atom stereocenters. The normalized spacial score (nSPS) is 31.0. The van der Waals surface area contributed by atoms with E-state index in [1.54, 1.807) is 28.6 Å². The second-order valence-corrected chi connectivity index (χ2v) is 9.57. The Morgan fingerprint density at radius 2 is 1.71 bits per heavy atom. The first-order chi connectivity index (χ1) is 11.5. The van der Waals surface area contributed by atoms with Gasteiger partial charge in [0.05, 0.1) is 4.90 Å². The molecule has 2 aliphatic carbocycles. The number of halogens is 1. The van der Waals surface area contributed by atoms with Crippen molar-refractivity contribution >= 4 is 21.6 Å². The van der Waals surface area contributed by atoms with Crippen molar-refractivity contribution in [3.8, 4) is 0 Å². The van der Waals surface area contributed by atoms with Gasteiger partial charge in [0.15, 0.2) is 0 Å². The molecule has 1 aromatic carbocycles. The lowest BCUT2D eigenvalue weighted by Crippen LogP contribution is -2.49. The van der Waals surface area contributed by atoms with E-state index in [0.29, 0.717) is 23.0 Å². The largest absolute Gasteiger partial charge is 0.300 e. The van der Waals surface area contributed by atoms with Crippen molar-refractivity contribution in [1.29, 1.82) is 0 Å². The Kier molecular flexibility index (Phi) is 4.45. The monoisotopic (exact) mass is 366 g/mol. The Labute approximate surface area is 149 Å². The highest BCUT2D eigenvalue weighted by molar-refractivity contribution is 7.89. The summed E-state index contributed by atoms with van der Waals surface area (Å²) in [4.78, 5) is 2.77. The highest BCUT2D eigenvalue weighted by Crippen LogP contribution is 2.43. The number of piperazine rings is 1. The van der Waals surface area contributed by atoms with Crippen molar-refractivity contribution in [2.24, 2.45) is 17.8 Å². The molecule has 4 rings (SSSR count). The summed E-state index contributed by atoms with van der Waals surface area (Å²) < 4.78 is 27.0. The predicted molar refractivity (Wildman–Crippen MR) is 95.5 cm³/mol. The van der Waals surface area contributed by atoms with Crippen molar-refractivity contribution in [3.05, 3.63) is 41.4 Å². The lowest BCUT2D eigenvalue weighted by atomic mass is 9.93. The number of allylic oxidation sites excluding steroid dienone is 2.